The molecule has 1 aromatic heterocycles. The van der Waals surface area contributed by atoms with Gasteiger partial charge < -0.3 is 14.8 Å². The maximum absolute atomic E-state index is 12.2. The Morgan fingerprint density at radius 2 is 2.00 bits per heavy atom. The van der Waals surface area contributed by atoms with Crippen molar-refractivity contribution in [1.29, 1.82) is 0 Å². The van der Waals surface area contributed by atoms with Crippen molar-refractivity contribution in [2.24, 2.45) is 0 Å². The largest absolute Gasteiger partial charge is 0.461 e. The first-order chi connectivity index (χ1) is 10.6. The van der Waals surface area contributed by atoms with Crippen molar-refractivity contribution < 1.29 is 14.3 Å². The number of amides is 1. The molecule has 1 heterocycles. The number of aliphatic hydroxyl groups excluding tert-OH is 1. The topological polar surface area (TPSA) is 62.5 Å². The molecule has 1 amide bonds. The van der Waals surface area contributed by atoms with Crippen LogP contribution in [0.2, 0.25) is 0 Å². The third-order valence-corrected chi connectivity index (χ3v) is 4.04. The molecule has 2 N–H and O–H groups in total. The molecule has 0 saturated carbocycles. The number of rotatable bonds is 7. The van der Waals surface area contributed by atoms with Gasteiger partial charge >= 0.3 is 0 Å². The number of thioether (sulfide) groups is 1. The van der Waals surface area contributed by atoms with Gasteiger partial charge in [-0.15, -0.1) is 0 Å². The zero-order valence-electron chi connectivity index (χ0n) is 12.8. The molecule has 118 valence electrons. The summed E-state index contributed by atoms with van der Waals surface area (Å²) in [7, 11) is 0. The summed E-state index contributed by atoms with van der Waals surface area (Å²) >= 11 is 1.70. The average Bonchev–Trinajstić information content (AvgIpc) is 2.98. The molecule has 2 aromatic rings. The number of hydrogen-bond acceptors (Lipinski definition) is 4. The van der Waals surface area contributed by atoms with Gasteiger partial charge in [0.15, 0.2) is 0 Å². The normalized spacial score (nSPS) is 12.1. The summed E-state index contributed by atoms with van der Waals surface area (Å²) in [6.07, 6.45) is 2.76. The fraction of sp³-hybridized carbons (Fsp3) is 0.353. The molecular weight excluding hydrogens is 298 g/mol. The number of aryl methyl sites for hydroxylation is 1. The Balaban J connectivity index is 2.01. The minimum absolute atomic E-state index is 0.0456. The Morgan fingerprint density at radius 1 is 1.27 bits per heavy atom. The third-order valence-electron chi connectivity index (χ3n) is 3.40. The highest BCUT2D eigenvalue weighted by Crippen LogP contribution is 2.22. The Hall–Kier alpha value is -1.72. The first-order valence-corrected chi connectivity index (χ1v) is 8.61. The molecule has 0 bridgehead atoms. The molecule has 0 spiro atoms. The Labute approximate surface area is 134 Å². The molecule has 22 heavy (non-hydrogen) atoms. The van der Waals surface area contributed by atoms with E-state index in [4.69, 9.17) is 4.42 Å². The van der Waals surface area contributed by atoms with E-state index >= 15 is 0 Å². The summed E-state index contributed by atoms with van der Waals surface area (Å²) in [4.78, 5) is 12.2. The van der Waals surface area contributed by atoms with Crippen molar-refractivity contribution in [3.05, 3.63) is 47.7 Å². The number of hydrogen-bond donors (Lipinski definition) is 2. The van der Waals surface area contributed by atoms with Crippen molar-refractivity contribution in [3.8, 4) is 11.3 Å². The number of aliphatic hydroxyl groups is 1. The van der Waals surface area contributed by atoms with E-state index < -0.39 is 0 Å². The van der Waals surface area contributed by atoms with Crippen LogP contribution in [-0.2, 0) is 0 Å². The SMILES string of the molecule is CSCC[C@@H](CO)NC(=O)c1ccc(-c2ccc(C)o2)cc1. The van der Waals surface area contributed by atoms with E-state index in [1.807, 2.05) is 37.4 Å². The monoisotopic (exact) mass is 319 g/mol. The fourth-order valence-corrected chi connectivity index (χ4v) is 2.63. The van der Waals surface area contributed by atoms with Crippen molar-refractivity contribution in [2.45, 2.75) is 19.4 Å². The van der Waals surface area contributed by atoms with Crippen molar-refractivity contribution in [3.63, 3.8) is 0 Å². The zero-order valence-corrected chi connectivity index (χ0v) is 13.7. The molecular formula is C17H21NO3S. The smallest absolute Gasteiger partial charge is 0.251 e. The van der Waals surface area contributed by atoms with Gasteiger partial charge in [0.2, 0.25) is 0 Å². The zero-order chi connectivity index (χ0) is 15.9. The lowest BCUT2D eigenvalue weighted by molar-refractivity contribution is 0.0915. The van der Waals surface area contributed by atoms with E-state index in [-0.39, 0.29) is 18.6 Å². The lowest BCUT2D eigenvalue weighted by atomic mass is 10.1. The molecule has 5 heteroatoms. The van der Waals surface area contributed by atoms with Crippen LogP contribution in [0.25, 0.3) is 11.3 Å². The highest BCUT2D eigenvalue weighted by molar-refractivity contribution is 7.98. The van der Waals surface area contributed by atoms with Crippen molar-refractivity contribution in [2.75, 3.05) is 18.6 Å². The Bertz CT molecular complexity index is 607. The molecule has 0 fully saturated rings. The van der Waals surface area contributed by atoms with Crippen LogP contribution in [0.4, 0.5) is 0 Å². The van der Waals surface area contributed by atoms with Crippen LogP contribution in [0.15, 0.2) is 40.8 Å². The number of furan rings is 1. The molecule has 0 aliphatic rings. The minimum Gasteiger partial charge on any atom is -0.461 e. The number of nitrogens with one attached hydrogen (secondary N) is 1. The van der Waals surface area contributed by atoms with Gasteiger partial charge in [0, 0.05) is 11.1 Å². The van der Waals surface area contributed by atoms with Crippen LogP contribution in [0.5, 0.6) is 0 Å². The quantitative estimate of drug-likeness (QED) is 0.823. The van der Waals surface area contributed by atoms with Gasteiger partial charge in [0.1, 0.15) is 11.5 Å². The average molecular weight is 319 g/mol. The fourth-order valence-electron chi connectivity index (χ4n) is 2.11. The van der Waals surface area contributed by atoms with Crippen LogP contribution < -0.4 is 5.32 Å². The van der Waals surface area contributed by atoms with E-state index in [0.29, 0.717) is 5.56 Å². The van der Waals surface area contributed by atoms with Crippen LogP contribution in [0, 0.1) is 6.92 Å². The van der Waals surface area contributed by atoms with Gasteiger partial charge in [-0.25, -0.2) is 0 Å². The maximum Gasteiger partial charge on any atom is 0.251 e. The molecule has 1 aromatic carbocycles. The van der Waals surface area contributed by atoms with E-state index in [1.165, 1.54) is 0 Å². The Morgan fingerprint density at radius 3 is 2.55 bits per heavy atom. The van der Waals surface area contributed by atoms with Gasteiger partial charge in [0.25, 0.3) is 5.91 Å². The maximum atomic E-state index is 12.2. The van der Waals surface area contributed by atoms with Crippen LogP contribution >= 0.6 is 11.8 Å². The first-order valence-electron chi connectivity index (χ1n) is 7.21. The van der Waals surface area contributed by atoms with Crippen molar-refractivity contribution >= 4 is 17.7 Å². The lowest BCUT2D eigenvalue weighted by Crippen LogP contribution is -2.37. The summed E-state index contributed by atoms with van der Waals surface area (Å²) in [6.45, 7) is 1.85. The summed E-state index contributed by atoms with van der Waals surface area (Å²) in [5.41, 5.74) is 1.51. The standard InChI is InChI=1S/C17H21NO3S/c1-12-3-8-16(21-12)13-4-6-14(7-5-13)17(20)18-15(11-19)9-10-22-2/h3-8,15,19H,9-11H2,1-2H3,(H,18,20)/t15-/m0/s1. The molecule has 0 aliphatic carbocycles. The summed E-state index contributed by atoms with van der Waals surface area (Å²) < 4.78 is 5.56. The van der Waals surface area contributed by atoms with Crippen LogP contribution in [0.1, 0.15) is 22.5 Å². The third kappa shape index (κ3) is 4.39. The predicted octanol–water partition coefficient (Wildman–Crippen LogP) is 3.10. The van der Waals surface area contributed by atoms with Gasteiger partial charge in [-0.3, -0.25) is 4.79 Å². The highest BCUT2D eigenvalue weighted by Gasteiger charge is 2.13. The van der Waals surface area contributed by atoms with E-state index in [1.54, 1.807) is 23.9 Å². The first kappa shape index (κ1) is 16.6. The summed E-state index contributed by atoms with van der Waals surface area (Å²) in [5.74, 6) is 2.39. The molecule has 0 saturated heterocycles. The number of carbonyl (C=O) groups is 1. The molecule has 4 nitrogen and oxygen atoms in total. The molecule has 0 radical (unpaired) electrons. The number of benzene rings is 1. The van der Waals surface area contributed by atoms with Crippen LogP contribution in [-0.4, -0.2) is 35.7 Å². The summed E-state index contributed by atoms with van der Waals surface area (Å²) in [5, 5.41) is 12.2. The van der Waals surface area contributed by atoms with Gasteiger partial charge in [-0.05, 0) is 49.6 Å². The second-order valence-corrected chi connectivity index (χ2v) is 6.11. The molecule has 0 unspecified atom stereocenters. The predicted molar refractivity (Wildman–Crippen MR) is 90.2 cm³/mol. The van der Waals surface area contributed by atoms with E-state index in [9.17, 15) is 9.90 Å². The second-order valence-electron chi connectivity index (χ2n) is 5.12. The van der Waals surface area contributed by atoms with E-state index in [2.05, 4.69) is 5.32 Å². The highest BCUT2D eigenvalue weighted by atomic mass is 32.2. The van der Waals surface area contributed by atoms with E-state index in [0.717, 1.165) is 29.3 Å². The summed E-state index contributed by atoms with van der Waals surface area (Å²) in [6, 6.07) is 10.9. The second kappa shape index (κ2) is 8.06. The van der Waals surface area contributed by atoms with Crippen LogP contribution in [0.3, 0.4) is 0 Å². The van der Waals surface area contributed by atoms with Gasteiger partial charge in [-0.2, -0.15) is 11.8 Å². The lowest BCUT2D eigenvalue weighted by Gasteiger charge is -2.15. The Kier molecular flexibility index (Phi) is 6.10. The minimum atomic E-state index is -0.202. The molecule has 0 aliphatic heterocycles. The number of carbonyl (C=O) groups excluding carboxylic acids is 1. The van der Waals surface area contributed by atoms with Crippen molar-refractivity contribution in [1.82, 2.24) is 5.32 Å². The molecule has 2 rings (SSSR count). The van der Waals surface area contributed by atoms with Gasteiger partial charge in [-0.1, -0.05) is 12.1 Å². The van der Waals surface area contributed by atoms with Gasteiger partial charge in [0.05, 0.1) is 12.6 Å². The molecule has 1 atom stereocenters.